The number of hydrogen-bond acceptors (Lipinski definition) is 4. The highest BCUT2D eigenvalue weighted by atomic mass is 32.2. The van der Waals surface area contributed by atoms with Crippen LogP contribution in [0.25, 0.3) is 22.5 Å². The van der Waals surface area contributed by atoms with Gasteiger partial charge in [0.2, 0.25) is 5.91 Å². The Morgan fingerprint density at radius 3 is 2.54 bits per heavy atom. The third-order valence-corrected chi connectivity index (χ3v) is 6.81. The van der Waals surface area contributed by atoms with Crippen molar-refractivity contribution in [3.8, 4) is 5.69 Å². The molecule has 1 N–H and O–H groups in total. The number of imide groups is 1. The van der Waals surface area contributed by atoms with E-state index in [0.29, 0.717) is 5.69 Å². The number of rotatable bonds is 5. The number of hydrogen-bond donors (Lipinski definition) is 1. The van der Waals surface area contributed by atoms with Crippen LogP contribution in [-0.4, -0.2) is 33.1 Å². The van der Waals surface area contributed by atoms with Gasteiger partial charge < -0.3 is 9.88 Å². The summed E-state index contributed by atoms with van der Waals surface area (Å²) in [4.78, 5) is 39.4. The van der Waals surface area contributed by atoms with Gasteiger partial charge in [0.1, 0.15) is 6.54 Å². The molecule has 7 heteroatoms. The van der Waals surface area contributed by atoms with Gasteiger partial charge in [0.05, 0.1) is 4.91 Å². The van der Waals surface area contributed by atoms with Crippen LogP contribution in [0.2, 0.25) is 0 Å². The zero-order valence-electron chi connectivity index (χ0n) is 19.3. The SMILES string of the molecule is Cc1ccc(NC(=O)CN2C(=O)S/C(=C\c3cccn3-c3ccc4ccccc4c3)C2=O)c(C)c1. The second kappa shape index (κ2) is 9.27. The molecule has 35 heavy (non-hydrogen) atoms. The van der Waals surface area contributed by atoms with E-state index in [4.69, 9.17) is 0 Å². The van der Waals surface area contributed by atoms with Crippen molar-refractivity contribution in [1.82, 2.24) is 9.47 Å². The second-order valence-electron chi connectivity index (χ2n) is 8.47. The molecular formula is C28H23N3O3S. The maximum Gasteiger partial charge on any atom is 0.294 e. The van der Waals surface area contributed by atoms with Gasteiger partial charge in [0.15, 0.2) is 0 Å². The lowest BCUT2D eigenvalue weighted by Crippen LogP contribution is -2.36. The molecule has 174 valence electrons. The van der Waals surface area contributed by atoms with Gasteiger partial charge in [0.25, 0.3) is 11.1 Å². The number of anilines is 1. The summed E-state index contributed by atoms with van der Waals surface area (Å²) in [7, 11) is 0. The number of nitrogens with zero attached hydrogens (tertiary/aromatic N) is 2. The summed E-state index contributed by atoms with van der Waals surface area (Å²) in [5.41, 5.74) is 4.39. The fourth-order valence-electron chi connectivity index (χ4n) is 4.13. The summed E-state index contributed by atoms with van der Waals surface area (Å²) in [6, 6.07) is 23.7. The van der Waals surface area contributed by atoms with Crippen LogP contribution in [0.1, 0.15) is 16.8 Å². The number of fused-ring (bicyclic) bond motifs is 1. The highest BCUT2D eigenvalue weighted by molar-refractivity contribution is 8.18. The minimum absolute atomic E-state index is 0.287. The van der Waals surface area contributed by atoms with Gasteiger partial charge in [-0.05, 0) is 78.4 Å². The molecule has 1 aliphatic rings. The Morgan fingerprint density at radius 1 is 0.943 bits per heavy atom. The zero-order chi connectivity index (χ0) is 24.5. The topological polar surface area (TPSA) is 71.4 Å². The molecule has 1 aromatic heterocycles. The van der Waals surface area contributed by atoms with Crippen molar-refractivity contribution in [3.63, 3.8) is 0 Å². The number of thioether (sulfide) groups is 1. The average molecular weight is 482 g/mol. The molecular weight excluding hydrogens is 458 g/mol. The van der Waals surface area contributed by atoms with Gasteiger partial charge >= 0.3 is 0 Å². The van der Waals surface area contributed by atoms with E-state index in [1.165, 1.54) is 0 Å². The largest absolute Gasteiger partial charge is 0.324 e. The third kappa shape index (κ3) is 4.63. The molecule has 3 amide bonds. The predicted octanol–water partition coefficient (Wildman–Crippen LogP) is 5.92. The van der Waals surface area contributed by atoms with Crippen molar-refractivity contribution >= 4 is 51.4 Å². The number of aromatic nitrogens is 1. The van der Waals surface area contributed by atoms with Crippen molar-refractivity contribution in [3.05, 3.63) is 101 Å². The maximum atomic E-state index is 13.0. The van der Waals surface area contributed by atoms with Gasteiger partial charge in [0, 0.05) is 23.3 Å². The molecule has 5 rings (SSSR count). The van der Waals surface area contributed by atoms with Crippen molar-refractivity contribution in [2.24, 2.45) is 0 Å². The first kappa shape index (κ1) is 22.7. The summed E-state index contributed by atoms with van der Waals surface area (Å²) < 4.78 is 1.97. The minimum Gasteiger partial charge on any atom is -0.324 e. The van der Waals surface area contributed by atoms with E-state index in [1.807, 2.05) is 73.1 Å². The third-order valence-electron chi connectivity index (χ3n) is 5.90. The van der Waals surface area contributed by atoms with Crippen LogP contribution in [-0.2, 0) is 9.59 Å². The molecule has 1 aliphatic heterocycles. The Kier molecular flexibility index (Phi) is 6.01. The zero-order valence-corrected chi connectivity index (χ0v) is 20.1. The van der Waals surface area contributed by atoms with Crippen LogP contribution in [0.5, 0.6) is 0 Å². The lowest BCUT2D eigenvalue weighted by atomic mass is 10.1. The first-order valence-corrected chi connectivity index (χ1v) is 12.0. The van der Waals surface area contributed by atoms with Gasteiger partial charge in [-0.15, -0.1) is 0 Å². The van der Waals surface area contributed by atoms with Gasteiger partial charge in [-0.25, -0.2) is 0 Å². The van der Waals surface area contributed by atoms with Gasteiger partial charge in [-0.1, -0.05) is 48.0 Å². The molecule has 0 atom stereocenters. The fraction of sp³-hybridized carbons (Fsp3) is 0.107. The normalized spacial score (nSPS) is 14.8. The van der Waals surface area contributed by atoms with Gasteiger partial charge in [-0.3, -0.25) is 19.3 Å². The molecule has 0 unspecified atom stereocenters. The maximum absolute atomic E-state index is 13.0. The fourth-order valence-corrected chi connectivity index (χ4v) is 4.95. The standard InChI is InChI=1S/C28H23N3O3S/c1-18-9-12-24(19(2)14-18)29-26(32)17-31-27(33)25(35-28(31)34)16-22-8-5-13-30(22)23-11-10-20-6-3-4-7-21(20)15-23/h3-16H,17H2,1-2H3,(H,29,32)/b25-16-. The molecule has 1 fully saturated rings. The molecule has 1 saturated heterocycles. The molecule has 0 aliphatic carbocycles. The van der Waals surface area contributed by atoms with Crippen LogP contribution in [0.3, 0.4) is 0 Å². The molecule has 0 saturated carbocycles. The Balaban J connectivity index is 1.35. The van der Waals surface area contributed by atoms with Crippen LogP contribution in [0.4, 0.5) is 10.5 Å². The van der Waals surface area contributed by atoms with Crippen molar-refractivity contribution in [1.29, 1.82) is 0 Å². The van der Waals surface area contributed by atoms with Crippen LogP contribution in [0.15, 0.2) is 83.9 Å². The first-order valence-electron chi connectivity index (χ1n) is 11.2. The highest BCUT2D eigenvalue weighted by Gasteiger charge is 2.36. The second-order valence-corrected chi connectivity index (χ2v) is 9.46. The Labute approximate surface area is 207 Å². The van der Waals surface area contributed by atoms with Crippen molar-refractivity contribution < 1.29 is 14.4 Å². The number of carbonyl (C=O) groups excluding carboxylic acids is 3. The van der Waals surface area contributed by atoms with Gasteiger partial charge in [-0.2, -0.15) is 0 Å². The number of amides is 3. The molecule has 4 aromatic rings. The number of benzene rings is 3. The smallest absolute Gasteiger partial charge is 0.294 e. The van der Waals surface area contributed by atoms with E-state index in [-0.39, 0.29) is 11.4 Å². The Morgan fingerprint density at radius 2 is 1.74 bits per heavy atom. The molecule has 3 aromatic carbocycles. The number of carbonyl (C=O) groups is 3. The summed E-state index contributed by atoms with van der Waals surface area (Å²) in [6.45, 7) is 3.54. The summed E-state index contributed by atoms with van der Waals surface area (Å²) in [5, 5.41) is 4.59. The van der Waals surface area contributed by atoms with E-state index < -0.39 is 17.1 Å². The first-order chi connectivity index (χ1) is 16.9. The van der Waals surface area contributed by atoms with E-state index >= 15 is 0 Å². The van der Waals surface area contributed by atoms with Crippen LogP contribution < -0.4 is 5.32 Å². The number of nitrogens with one attached hydrogen (secondary N) is 1. The van der Waals surface area contributed by atoms with E-state index in [2.05, 4.69) is 29.6 Å². The summed E-state index contributed by atoms with van der Waals surface area (Å²) >= 11 is 0.845. The molecule has 6 nitrogen and oxygen atoms in total. The van der Waals surface area contributed by atoms with E-state index in [9.17, 15) is 14.4 Å². The molecule has 0 spiro atoms. The van der Waals surface area contributed by atoms with E-state index in [0.717, 1.165) is 49.9 Å². The minimum atomic E-state index is -0.470. The quantitative estimate of drug-likeness (QED) is 0.359. The lowest BCUT2D eigenvalue weighted by molar-refractivity contribution is -0.127. The summed E-state index contributed by atoms with van der Waals surface area (Å²) in [5.74, 6) is -0.887. The summed E-state index contributed by atoms with van der Waals surface area (Å²) in [6.07, 6.45) is 3.61. The van der Waals surface area contributed by atoms with Crippen LogP contribution in [0, 0.1) is 13.8 Å². The Bertz CT molecular complexity index is 1520. The van der Waals surface area contributed by atoms with Crippen molar-refractivity contribution in [2.45, 2.75) is 13.8 Å². The molecule has 0 radical (unpaired) electrons. The monoisotopic (exact) mass is 481 g/mol. The molecule has 2 heterocycles. The molecule has 0 bridgehead atoms. The predicted molar refractivity (Wildman–Crippen MR) is 140 cm³/mol. The van der Waals surface area contributed by atoms with Crippen molar-refractivity contribution in [2.75, 3.05) is 11.9 Å². The average Bonchev–Trinajstić information content (AvgIpc) is 3.40. The van der Waals surface area contributed by atoms with E-state index in [1.54, 1.807) is 6.08 Å². The lowest BCUT2D eigenvalue weighted by Gasteiger charge is -2.14. The Hall–Kier alpha value is -4.10. The number of aryl methyl sites for hydroxylation is 2. The van der Waals surface area contributed by atoms with Crippen LogP contribution >= 0.6 is 11.8 Å². The highest BCUT2D eigenvalue weighted by Crippen LogP contribution is 2.33.